The van der Waals surface area contributed by atoms with Crippen LogP contribution in [0.4, 0.5) is 11.4 Å². The van der Waals surface area contributed by atoms with Crippen LogP contribution in [0.1, 0.15) is 32.6 Å². The molecule has 0 saturated carbocycles. The molecule has 2 amide bonds. The lowest BCUT2D eigenvalue weighted by atomic mass is 10.0. The van der Waals surface area contributed by atoms with Gasteiger partial charge in [0, 0.05) is 30.9 Å². The van der Waals surface area contributed by atoms with Crippen molar-refractivity contribution in [2.75, 3.05) is 36.4 Å². The fourth-order valence-corrected chi connectivity index (χ4v) is 3.48. The third kappa shape index (κ3) is 4.10. The van der Waals surface area contributed by atoms with E-state index in [1.165, 1.54) is 12.8 Å². The van der Waals surface area contributed by atoms with Gasteiger partial charge in [0.05, 0.1) is 6.54 Å². The van der Waals surface area contributed by atoms with Crippen LogP contribution in [-0.4, -0.2) is 42.9 Å². The van der Waals surface area contributed by atoms with Crippen LogP contribution in [0.2, 0.25) is 0 Å². The lowest BCUT2D eigenvalue weighted by Crippen LogP contribution is -2.39. The van der Waals surface area contributed by atoms with Gasteiger partial charge in [0.25, 0.3) is 0 Å². The number of anilines is 2. The van der Waals surface area contributed by atoms with Crippen molar-refractivity contribution in [2.45, 2.75) is 32.6 Å². The van der Waals surface area contributed by atoms with Crippen molar-refractivity contribution in [1.29, 1.82) is 0 Å². The normalized spacial score (nSPS) is 22.4. The lowest BCUT2D eigenvalue weighted by molar-refractivity contribution is -0.118. The fraction of sp³-hybridized carbons (Fsp3) is 0.556. The third-order valence-corrected chi connectivity index (χ3v) is 4.64. The zero-order chi connectivity index (χ0) is 16.2. The van der Waals surface area contributed by atoms with Gasteiger partial charge in [-0.2, -0.15) is 0 Å². The minimum absolute atomic E-state index is 0.0316. The Balaban J connectivity index is 1.53. The SMILES string of the molecule is C[C@@H]1CCCN(CC(=O)Nc2ccc(N3CCCC3=O)cc2)C1. The van der Waals surface area contributed by atoms with Crippen molar-refractivity contribution in [2.24, 2.45) is 5.92 Å². The van der Waals surface area contributed by atoms with Gasteiger partial charge in [-0.25, -0.2) is 0 Å². The first-order valence-corrected chi connectivity index (χ1v) is 8.54. The standard InChI is InChI=1S/C18H25N3O2/c1-14-4-2-10-20(12-14)13-17(22)19-15-6-8-16(9-7-15)21-11-3-5-18(21)23/h6-9,14H,2-5,10-13H2,1H3,(H,19,22)/t14-/m1/s1. The Labute approximate surface area is 137 Å². The predicted octanol–water partition coefficient (Wildman–Crippen LogP) is 2.48. The van der Waals surface area contributed by atoms with Crippen molar-refractivity contribution in [3.05, 3.63) is 24.3 Å². The minimum atomic E-state index is 0.0316. The Bertz CT molecular complexity index is 570. The first-order valence-electron chi connectivity index (χ1n) is 8.54. The number of nitrogens with zero attached hydrogens (tertiary/aromatic N) is 2. The van der Waals surface area contributed by atoms with E-state index in [1.54, 1.807) is 4.90 Å². The second-order valence-corrected chi connectivity index (χ2v) is 6.73. The molecule has 0 unspecified atom stereocenters. The van der Waals surface area contributed by atoms with Crippen molar-refractivity contribution in [3.8, 4) is 0 Å². The number of likely N-dealkylation sites (tertiary alicyclic amines) is 1. The molecule has 2 fully saturated rings. The van der Waals surface area contributed by atoms with Crippen LogP contribution in [0.3, 0.4) is 0 Å². The van der Waals surface area contributed by atoms with E-state index in [0.29, 0.717) is 18.9 Å². The van der Waals surface area contributed by atoms with E-state index in [2.05, 4.69) is 17.1 Å². The van der Waals surface area contributed by atoms with E-state index in [-0.39, 0.29) is 11.8 Å². The zero-order valence-electron chi connectivity index (χ0n) is 13.8. The van der Waals surface area contributed by atoms with Crippen LogP contribution < -0.4 is 10.2 Å². The Morgan fingerprint density at radius 2 is 2.00 bits per heavy atom. The molecular weight excluding hydrogens is 290 g/mol. The molecule has 0 bridgehead atoms. The number of nitrogens with one attached hydrogen (secondary N) is 1. The van der Waals surface area contributed by atoms with E-state index in [1.807, 2.05) is 24.3 Å². The van der Waals surface area contributed by atoms with Gasteiger partial charge in [-0.15, -0.1) is 0 Å². The van der Waals surface area contributed by atoms with E-state index in [9.17, 15) is 9.59 Å². The maximum atomic E-state index is 12.2. The number of amides is 2. The topological polar surface area (TPSA) is 52.7 Å². The molecular formula is C18H25N3O2. The largest absolute Gasteiger partial charge is 0.325 e. The molecule has 2 saturated heterocycles. The van der Waals surface area contributed by atoms with E-state index < -0.39 is 0 Å². The van der Waals surface area contributed by atoms with Crippen LogP contribution in [0.25, 0.3) is 0 Å². The molecule has 1 atom stereocenters. The molecule has 23 heavy (non-hydrogen) atoms. The molecule has 5 heteroatoms. The molecule has 1 aromatic rings. The number of hydrogen-bond donors (Lipinski definition) is 1. The van der Waals surface area contributed by atoms with Crippen LogP contribution >= 0.6 is 0 Å². The quantitative estimate of drug-likeness (QED) is 0.929. The third-order valence-electron chi connectivity index (χ3n) is 4.64. The van der Waals surface area contributed by atoms with Gasteiger partial charge in [-0.05, 0) is 56.0 Å². The van der Waals surface area contributed by atoms with Crippen molar-refractivity contribution < 1.29 is 9.59 Å². The molecule has 2 aliphatic rings. The molecule has 5 nitrogen and oxygen atoms in total. The fourth-order valence-electron chi connectivity index (χ4n) is 3.48. The Morgan fingerprint density at radius 3 is 2.65 bits per heavy atom. The highest BCUT2D eigenvalue weighted by atomic mass is 16.2. The number of carbonyl (C=O) groups excluding carboxylic acids is 2. The van der Waals surface area contributed by atoms with Crippen molar-refractivity contribution in [1.82, 2.24) is 4.90 Å². The Morgan fingerprint density at radius 1 is 1.22 bits per heavy atom. The first-order chi connectivity index (χ1) is 11.1. The highest BCUT2D eigenvalue weighted by Crippen LogP contribution is 2.23. The summed E-state index contributed by atoms with van der Waals surface area (Å²) in [5.41, 5.74) is 1.70. The smallest absolute Gasteiger partial charge is 0.238 e. The molecule has 124 valence electrons. The maximum Gasteiger partial charge on any atom is 0.238 e. The second kappa shape index (κ2) is 7.13. The summed E-state index contributed by atoms with van der Waals surface area (Å²) in [6.07, 6.45) is 3.99. The molecule has 1 N–H and O–H groups in total. The maximum absolute atomic E-state index is 12.2. The van der Waals surface area contributed by atoms with Gasteiger partial charge in [-0.1, -0.05) is 6.92 Å². The Kier molecular flexibility index (Phi) is 4.96. The summed E-state index contributed by atoms with van der Waals surface area (Å²) < 4.78 is 0. The van der Waals surface area contributed by atoms with Crippen LogP contribution in [0, 0.1) is 5.92 Å². The van der Waals surface area contributed by atoms with Crippen LogP contribution in [0.5, 0.6) is 0 Å². The summed E-state index contributed by atoms with van der Waals surface area (Å²) in [5.74, 6) is 0.888. The van der Waals surface area contributed by atoms with Crippen molar-refractivity contribution in [3.63, 3.8) is 0 Å². The Hall–Kier alpha value is -1.88. The highest BCUT2D eigenvalue weighted by Gasteiger charge is 2.22. The van der Waals surface area contributed by atoms with Crippen LogP contribution in [-0.2, 0) is 9.59 Å². The number of carbonyl (C=O) groups is 2. The van der Waals surface area contributed by atoms with Gasteiger partial charge in [0.2, 0.25) is 11.8 Å². The number of rotatable bonds is 4. The summed E-state index contributed by atoms with van der Waals surface area (Å²) in [4.78, 5) is 27.9. The van der Waals surface area contributed by atoms with Gasteiger partial charge >= 0.3 is 0 Å². The molecule has 0 spiro atoms. The second-order valence-electron chi connectivity index (χ2n) is 6.73. The van der Waals surface area contributed by atoms with Gasteiger partial charge in [0.1, 0.15) is 0 Å². The average molecular weight is 315 g/mol. The lowest BCUT2D eigenvalue weighted by Gasteiger charge is -2.30. The number of hydrogen-bond acceptors (Lipinski definition) is 3. The van der Waals surface area contributed by atoms with Gasteiger partial charge in [0.15, 0.2) is 0 Å². The molecule has 0 aromatic heterocycles. The first kappa shape index (κ1) is 16.0. The molecule has 3 rings (SSSR count). The average Bonchev–Trinajstić information content (AvgIpc) is 2.94. The highest BCUT2D eigenvalue weighted by molar-refractivity contribution is 5.96. The molecule has 1 aromatic carbocycles. The van der Waals surface area contributed by atoms with Gasteiger partial charge < -0.3 is 10.2 Å². The molecule has 0 aliphatic carbocycles. The van der Waals surface area contributed by atoms with E-state index in [4.69, 9.17) is 0 Å². The molecule has 0 radical (unpaired) electrons. The molecule has 2 heterocycles. The number of benzene rings is 1. The monoisotopic (exact) mass is 315 g/mol. The summed E-state index contributed by atoms with van der Waals surface area (Å²) in [6, 6.07) is 7.55. The van der Waals surface area contributed by atoms with E-state index in [0.717, 1.165) is 37.4 Å². The molecule has 2 aliphatic heterocycles. The predicted molar refractivity (Wildman–Crippen MR) is 91.5 cm³/mol. The van der Waals surface area contributed by atoms with E-state index >= 15 is 0 Å². The number of piperidine rings is 1. The van der Waals surface area contributed by atoms with Crippen molar-refractivity contribution >= 4 is 23.2 Å². The summed E-state index contributed by atoms with van der Waals surface area (Å²) >= 11 is 0. The summed E-state index contributed by atoms with van der Waals surface area (Å²) in [6.45, 7) is 5.49. The minimum Gasteiger partial charge on any atom is -0.325 e. The summed E-state index contributed by atoms with van der Waals surface area (Å²) in [7, 11) is 0. The van der Waals surface area contributed by atoms with Crippen LogP contribution in [0.15, 0.2) is 24.3 Å². The zero-order valence-corrected chi connectivity index (χ0v) is 13.8. The van der Waals surface area contributed by atoms with Gasteiger partial charge in [-0.3, -0.25) is 14.5 Å². The summed E-state index contributed by atoms with van der Waals surface area (Å²) in [5, 5.41) is 2.95.